The summed E-state index contributed by atoms with van der Waals surface area (Å²) in [7, 11) is 0. The number of carbonyl (C=O) groups is 2. The molecule has 2 saturated heterocycles. The Balaban J connectivity index is 1.71. The van der Waals surface area contributed by atoms with Crippen LogP contribution in [0.2, 0.25) is 5.02 Å². The van der Waals surface area contributed by atoms with Gasteiger partial charge in [0.25, 0.3) is 0 Å². The van der Waals surface area contributed by atoms with E-state index in [2.05, 4.69) is 13.8 Å². The number of phenols is 1. The van der Waals surface area contributed by atoms with Crippen LogP contribution in [0, 0.1) is 30.6 Å². The lowest BCUT2D eigenvalue weighted by Crippen LogP contribution is -2.55. The van der Waals surface area contributed by atoms with Crippen LogP contribution in [0.5, 0.6) is 5.75 Å². The Labute approximate surface area is 262 Å². The number of Topliss-reactive ketones (excluding diaryl/α,β-unsaturated/α-hetero) is 1. The molecule has 2 fully saturated rings. The maximum absolute atomic E-state index is 13.9. The SMILES string of the molecule is CC[C@@H](C(=O)[C@@H](C)[C@@H](O)[C@H](C)CCc1cc(Cl)c(C)c(O)c1C(=O)O)[C@H]1O[C@](CC)([C@H]2CC[C@](O)(CC)[C@H](C)O2)C[C@@H]1C. The molecular formula is C34H53ClO8. The predicted molar refractivity (Wildman–Crippen MR) is 167 cm³/mol. The highest BCUT2D eigenvalue weighted by Crippen LogP contribution is 2.48. The van der Waals surface area contributed by atoms with Crippen molar-refractivity contribution in [2.75, 3.05) is 0 Å². The first-order valence-electron chi connectivity index (χ1n) is 16.1. The molecule has 0 spiro atoms. The van der Waals surface area contributed by atoms with Crippen LogP contribution in [0.15, 0.2) is 6.07 Å². The largest absolute Gasteiger partial charge is 0.507 e. The Bertz CT molecular complexity index is 1160. The monoisotopic (exact) mass is 624 g/mol. The minimum atomic E-state index is -1.24. The van der Waals surface area contributed by atoms with E-state index >= 15 is 0 Å². The average Bonchev–Trinajstić information content (AvgIpc) is 3.32. The van der Waals surface area contributed by atoms with E-state index in [-0.39, 0.29) is 64.6 Å². The number of aliphatic hydroxyl groups excluding tert-OH is 1. The van der Waals surface area contributed by atoms with Crippen LogP contribution in [-0.2, 0) is 20.7 Å². The maximum atomic E-state index is 13.9. The lowest BCUT2D eigenvalue weighted by Gasteiger charge is -2.47. The van der Waals surface area contributed by atoms with E-state index in [4.69, 9.17) is 21.1 Å². The Morgan fingerprint density at radius 3 is 2.35 bits per heavy atom. The highest BCUT2D eigenvalue weighted by atomic mass is 35.5. The summed E-state index contributed by atoms with van der Waals surface area (Å²) in [5, 5.41) is 42.5. The van der Waals surface area contributed by atoms with Crippen molar-refractivity contribution in [2.24, 2.45) is 23.7 Å². The standard InChI is InChI=1S/C34H53ClO8/c1-9-24(31-19(5)17-34(11-3,43-31)26-14-15-33(41,10-2)22(8)42-26)29(37)21(7)28(36)18(4)12-13-23-16-25(35)20(6)30(38)27(23)32(39)40/h16,18-19,21-22,24,26,28,31,36,38,41H,9-15,17H2,1-8H3,(H,39,40)/t18-,19+,21+,22+,24+,26-,28+,31+,33-,34+/m1/s1. The van der Waals surface area contributed by atoms with Gasteiger partial charge in [0.05, 0.1) is 35.6 Å². The first-order valence-corrected chi connectivity index (χ1v) is 16.5. The average molecular weight is 625 g/mol. The molecule has 1 aromatic carbocycles. The van der Waals surface area contributed by atoms with E-state index in [9.17, 15) is 30.0 Å². The Hall–Kier alpha value is -1.71. The minimum absolute atomic E-state index is 0.0360. The molecule has 3 rings (SSSR count). The van der Waals surface area contributed by atoms with Gasteiger partial charge in [0.2, 0.25) is 0 Å². The van der Waals surface area contributed by atoms with Gasteiger partial charge in [-0.25, -0.2) is 4.79 Å². The van der Waals surface area contributed by atoms with Crippen molar-refractivity contribution in [3.8, 4) is 5.75 Å². The zero-order chi connectivity index (χ0) is 32.4. The number of rotatable bonds is 13. The van der Waals surface area contributed by atoms with E-state index in [0.717, 1.165) is 12.8 Å². The summed E-state index contributed by atoms with van der Waals surface area (Å²) < 4.78 is 13.2. The number of carboxylic acids is 1. The van der Waals surface area contributed by atoms with Crippen molar-refractivity contribution in [3.63, 3.8) is 0 Å². The second kappa shape index (κ2) is 14.2. The van der Waals surface area contributed by atoms with Gasteiger partial charge in [-0.1, -0.05) is 53.1 Å². The molecule has 9 heteroatoms. The molecule has 2 aliphatic heterocycles. The fraction of sp³-hybridized carbons (Fsp3) is 0.765. The van der Waals surface area contributed by atoms with Crippen LogP contribution in [0.1, 0.15) is 115 Å². The fourth-order valence-corrected chi connectivity index (χ4v) is 7.71. The summed E-state index contributed by atoms with van der Waals surface area (Å²) in [5.74, 6) is -2.85. The third kappa shape index (κ3) is 7.09. The number of carboxylic acid groups (broad SMARTS) is 1. The molecule has 4 N–H and O–H groups in total. The molecule has 0 bridgehead atoms. The molecule has 1 aromatic rings. The highest BCUT2D eigenvalue weighted by molar-refractivity contribution is 6.31. The van der Waals surface area contributed by atoms with Gasteiger partial charge in [-0.05, 0) is 88.7 Å². The summed E-state index contributed by atoms with van der Waals surface area (Å²) >= 11 is 6.22. The van der Waals surface area contributed by atoms with Crippen LogP contribution in [-0.4, -0.2) is 67.8 Å². The molecule has 0 saturated carbocycles. The van der Waals surface area contributed by atoms with Gasteiger partial charge in [0, 0.05) is 22.4 Å². The van der Waals surface area contributed by atoms with Crippen molar-refractivity contribution >= 4 is 23.4 Å². The van der Waals surface area contributed by atoms with Crippen molar-refractivity contribution in [2.45, 2.75) is 142 Å². The first kappa shape index (κ1) is 35.8. The molecular weight excluding hydrogens is 572 g/mol. The van der Waals surface area contributed by atoms with E-state index in [1.807, 2.05) is 27.7 Å². The topological polar surface area (TPSA) is 134 Å². The summed E-state index contributed by atoms with van der Waals surface area (Å²) in [6, 6.07) is 1.55. The quantitative estimate of drug-likeness (QED) is 0.196. The van der Waals surface area contributed by atoms with Crippen LogP contribution in [0.25, 0.3) is 0 Å². The van der Waals surface area contributed by atoms with Gasteiger partial charge in [0.15, 0.2) is 0 Å². The Kier molecular flexibility index (Phi) is 11.8. The summed E-state index contributed by atoms with van der Waals surface area (Å²) in [6.45, 7) is 15.3. The highest BCUT2D eigenvalue weighted by Gasteiger charge is 2.55. The lowest BCUT2D eigenvalue weighted by atomic mass is 9.76. The smallest absolute Gasteiger partial charge is 0.339 e. The number of ether oxygens (including phenoxy) is 2. The molecule has 2 heterocycles. The van der Waals surface area contributed by atoms with Gasteiger partial charge in [-0.3, -0.25) is 4.79 Å². The number of aryl methyl sites for hydroxylation is 1. The summed E-state index contributed by atoms with van der Waals surface area (Å²) in [6.07, 6.45) is 3.06. The second-order valence-corrected chi connectivity index (χ2v) is 13.7. The number of aromatic carboxylic acids is 1. The minimum Gasteiger partial charge on any atom is -0.507 e. The van der Waals surface area contributed by atoms with Gasteiger partial charge in [0.1, 0.15) is 17.1 Å². The second-order valence-electron chi connectivity index (χ2n) is 13.3. The van der Waals surface area contributed by atoms with E-state index in [1.54, 1.807) is 19.9 Å². The van der Waals surface area contributed by atoms with Crippen molar-refractivity contribution in [1.29, 1.82) is 0 Å². The third-order valence-electron chi connectivity index (χ3n) is 10.8. The zero-order valence-electron chi connectivity index (χ0n) is 27.2. The normalized spacial score (nSPS) is 32.3. The van der Waals surface area contributed by atoms with Gasteiger partial charge < -0.3 is 29.9 Å². The number of aliphatic hydroxyl groups is 2. The molecule has 244 valence electrons. The van der Waals surface area contributed by atoms with Crippen molar-refractivity contribution < 1.29 is 39.5 Å². The number of hydrogen-bond donors (Lipinski definition) is 4. The molecule has 10 atom stereocenters. The molecule has 2 aliphatic rings. The van der Waals surface area contributed by atoms with Crippen LogP contribution in [0.4, 0.5) is 0 Å². The molecule has 0 amide bonds. The fourth-order valence-electron chi connectivity index (χ4n) is 7.48. The molecule has 0 unspecified atom stereocenters. The predicted octanol–water partition coefficient (Wildman–Crippen LogP) is 6.50. The number of aromatic hydroxyl groups is 1. The number of ketones is 1. The summed E-state index contributed by atoms with van der Waals surface area (Å²) in [5.41, 5.74) is -0.838. The van der Waals surface area contributed by atoms with Crippen LogP contribution in [0.3, 0.4) is 0 Å². The number of benzene rings is 1. The van der Waals surface area contributed by atoms with Crippen molar-refractivity contribution in [1.82, 2.24) is 0 Å². The van der Waals surface area contributed by atoms with Crippen LogP contribution >= 0.6 is 11.6 Å². The van der Waals surface area contributed by atoms with E-state index < -0.39 is 29.2 Å². The van der Waals surface area contributed by atoms with Gasteiger partial charge >= 0.3 is 5.97 Å². The van der Waals surface area contributed by atoms with Crippen molar-refractivity contribution in [3.05, 3.63) is 27.8 Å². The maximum Gasteiger partial charge on any atom is 0.339 e. The van der Waals surface area contributed by atoms with Crippen LogP contribution < -0.4 is 0 Å². The first-order chi connectivity index (χ1) is 20.1. The molecule has 0 aromatic heterocycles. The number of halogens is 1. The van der Waals surface area contributed by atoms with E-state index in [1.165, 1.54) is 0 Å². The third-order valence-corrected chi connectivity index (χ3v) is 11.2. The number of hydrogen-bond acceptors (Lipinski definition) is 7. The van der Waals surface area contributed by atoms with E-state index in [0.29, 0.717) is 43.2 Å². The molecule has 8 nitrogen and oxygen atoms in total. The summed E-state index contributed by atoms with van der Waals surface area (Å²) in [4.78, 5) is 25.8. The Morgan fingerprint density at radius 1 is 1.16 bits per heavy atom. The lowest BCUT2D eigenvalue weighted by molar-refractivity contribution is -0.229. The zero-order valence-corrected chi connectivity index (χ0v) is 27.9. The molecule has 43 heavy (non-hydrogen) atoms. The molecule has 0 radical (unpaired) electrons. The Morgan fingerprint density at radius 2 is 1.81 bits per heavy atom. The molecule has 0 aliphatic carbocycles. The number of carbonyl (C=O) groups excluding carboxylic acids is 1. The van der Waals surface area contributed by atoms with Gasteiger partial charge in [-0.15, -0.1) is 0 Å². The van der Waals surface area contributed by atoms with Gasteiger partial charge in [-0.2, -0.15) is 0 Å².